The number of amides is 1. The molecule has 178 valence electrons. The van der Waals surface area contributed by atoms with Crippen LogP contribution in [-0.4, -0.2) is 48.3 Å². The highest BCUT2D eigenvalue weighted by Crippen LogP contribution is 2.23. The lowest BCUT2D eigenvalue weighted by atomic mass is 10.1. The number of aromatic amines is 1. The van der Waals surface area contributed by atoms with Gasteiger partial charge >= 0.3 is 11.7 Å². The van der Waals surface area contributed by atoms with Crippen molar-refractivity contribution >= 4 is 23.4 Å². The molecule has 33 heavy (non-hydrogen) atoms. The Balaban J connectivity index is 1.83. The summed E-state index contributed by atoms with van der Waals surface area (Å²) in [5, 5.41) is 0. The van der Waals surface area contributed by atoms with Crippen LogP contribution < -0.4 is 21.9 Å². The van der Waals surface area contributed by atoms with Gasteiger partial charge in [0.1, 0.15) is 5.82 Å². The Labute approximate surface area is 191 Å². The Morgan fingerprint density at radius 2 is 1.94 bits per heavy atom. The van der Waals surface area contributed by atoms with E-state index in [2.05, 4.69) is 4.98 Å². The second kappa shape index (κ2) is 10.5. The molecule has 0 radical (unpaired) electrons. The quantitative estimate of drug-likeness (QED) is 0.537. The van der Waals surface area contributed by atoms with Crippen molar-refractivity contribution < 1.29 is 19.1 Å². The van der Waals surface area contributed by atoms with Gasteiger partial charge in [0, 0.05) is 20.2 Å². The first kappa shape index (κ1) is 24.2. The lowest BCUT2D eigenvalue weighted by Gasteiger charge is -2.24. The van der Waals surface area contributed by atoms with Crippen LogP contribution in [0.3, 0.4) is 0 Å². The van der Waals surface area contributed by atoms with E-state index in [1.54, 1.807) is 12.1 Å². The molecule has 0 saturated carbocycles. The number of H-pyrrole nitrogens is 1. The second-order valence-corrected chi connectivity index (χ2v) is 8.45. The van der Waals surface area contributed by atoms with E-state index in [0.29, 0.717) is 5.56 Å². The van der Waals surface area contributed by atoms with Gasteiger partial charge in [-0.05, 0) is 48.4 Å². The Kier molecular flexibility index (Phi) is 7.70. The molecule has 0 fully saturated rings. The monoisotopic (exact) mass is 458 g/mol. The SMILES string of the molecule is COCCN(C(=O)COC(=O)c1ccc2c(c1)CCC2)c1c(N)n(CC(C)C)c(=O)[nH]c1=O. The van der Waals surface area contributed by atoms with Crippen molar-refractivity contribution in [1.82, 2.24) is 9.55 Å². The van der Waals surface area contributed by atoms with Crippen molar-refractivity contribution in [3.63, 3.8) is 0 Å². The molecule has 1 aromatic carbocycles. The van der Waals surface area contributed by atoms with Crippen molar-refractivity contribution in [2.75, 3.05) is 37.5 Å². The summed E-state index contributed by atoms with van der Waals surface area (Å²) in [6.45, 7) is 3.54. The number of carbonyl (C=O) groups is 2. The van der Waals surface area contributed by atoms with Crippen LogP contribution in [0, 0.1) is 5.92 Å². The molecule has 1 aliphatic rings. The molecule has 0 saturated heterocycles. The molecule has 10 nitrogen and oxygen atoms in total. The molecule has 1 aliphatic carbocycles. The number of ether oxygens (including phenoxy) is 2. The zero-order valence-electron chi connectivity index (χ0n) is 19.2. The third kappa shape index (κ3) is 5.51. The van der Waals surface area contributed by atoms with Gasteiger partial charge in [-0.2, -0.15) is 0 Å². The fourth-order valence-electron chi connectivity index (χ4n) is 3.92. The minimum atomic E-state index is -0.799. The maximum atomic E-state index is 13.0. The average Bonchev–Trinajstić information content (AvgIpc) is 3.24. The van der Waals surface area contributed by atoms with Gasteiger partial charge in [0.25, 0.3) is 11.5 Å². The van der Waals surface area contributed by atoms with E-state index in [-0.39, 0.29) is 37.1 Å². The van der Waals surface area contributed by atoms with E-state index in [0.717, 1.165) is 29.7 Å². The number of nitrogens with two attached hydrogens (primary N) is 1. The summed E-state index contributed by atoms with van der Waals surface area (Å²) in [4.78, 5) is 53.6. The van der Waals surface area contributed by atoms with E-state index in [1.165, 1.54) is 17.2 Å². The van der Waals surface area contributed by atoms with E-state index in [1.807, 2.05) is 19.9 Å². The van der Waals surface area contributed by atoms with Gasteiger partial charge in [-0.25, -0.2) is 9.59 Å². The zero-order valence-corrected chi connectivity index (χ0v) is 19.2. The predicted octanol–water partition coefficient (Wildman–Crippen LogP) is 1.10. The molecule has 1 aromatic heterocycles. The Morgan fingerprint density at radius 1 is 1.21 bits per heavy atom. The van der Waals surface area contributed by atoms with Crippen LogP contribution in [0.2, 0.25) is 0 Å². The molecular formula is C23H30N4O6. The van der Waals surface area contributed by atoms with Gasteiger partial charge in [0.05, 0.1) is 12.2 Å². The highest BCUT2D eigenvalue weighted by Gasteiger charge is 2.25. The summed E-state index contributed by atoms with van der Waals surface area (Å²) in [6, 6.07) is 5.39. The number of hydrogen-bond donors (Lipinski definition) is 2. The van der Waals surface area contributed by atoms with Gasteiger partial charge in [0.2, 0.25) is 0 Å². The number of hydrogen-bond acceptors (Lipinski definition) is 7. The zero-order chi connectivity index (χ0) is 24.1. The van der Waals surface area contributed by atoms with Gasteiger partial charge in [-0.1, -0.05) is 19.9 Å². The third-order valence-electron chi connectivity index (χ3n) is 5.51. The van der Waals surface area contributed by atoms with Crippen LogP contribution in [0.25, 0.3) is 0 Å². The smallest absolute Gasteiger partial charge is 0.338 e. The van der Waals surface area contributed by atoms with Crippen molar-refractivity contribution in [2.45, 2.75) is 39.7 Å². The van der Waals surface area contributed by atoms with Crippen molar-refractivity contribution in [3.05, 3.63) is 55.7 Å². The molecule has 0 bridgehead atoms. The number of rotatable bonds is 9. The summed E-state index contributed by atoms with van der Waals surface area (Å²) in [5.41, 5.74) is 7.22. The summed E-state index contributed by atoms with van der Waals surface area (Å²) in [6.07, 6.45) is 2.95. The van der Waals surface area contributed by atoms with Crippen molar-refractivity contribution in [2.24, 2.45) is 5.92 Å². The number of esters is 1. The maximum Gasteiger partial charge on any atom is 0.338 e. The average molecular weight is 459 g/mol. The third-order valence-corrected chi connectivity index (χ3v) is 5.51. The van der Waals surface area contributed by atoms with E-state index in [9.17, 15) is 19.2 Å². The number of nitrogens with one attached hydrogen (secondary N) is 1. The fourth-order valence-corrected chi connectivity index (χ4v) is 3.92. The van der Waals surface area contributed by atoms with Gasteiger partial charge < -0.3 is 15.2 Å². The van der Waals surface area contributed by atoms with Gasteiger partial charge in [-0.15, -0.1) is 0 Å². The molecule has 0 unspecified atom stereocenters. The molecule has 3 N–H and O–H groups in total. The molecule has 0 aliphatic heterocycles. The van der Waals surface area contributed by atoms with Crippen LogP contribution in [0.4, 0.5) is 11.5 Å². The molecule has 0 spiro atoms. The fraction of sp³-hybridized carbons (Fsp3) is 0.478. The summed E-state index contributed by atoms with van der Waals surface area (Å²) in [5.74, 6) is -1.35. The minimum Gasteiger partial charge on any atom is -0.452 e. The maximum absolute atomic E-state index is 13.0. The second-order valence-electron chi connectivity index (χ2n) is 8.45. The number of aromatic nitrogens is 2. The standard InChI is InChI=1S/C23H30N4O6/c1-14(2)12-27-20(24)19(21(29)25-23(27)31)26(9-10-32-3)18(28)13-33-22(30)17-8-7-15-5-4-6-16(15)11-17/h7-8,11,14H,4-6,9-10,12-13,24H2,1-3H3,(H,25,29,31). The topological polar surface area (TPSA) is 137 Å². The summed E-state index contributed by atoms with van der Waals surface area (Å²) < 4.78 is 11.5. The van der Waals surface area contributed by atoms with Crippen LogP contribution in [0.5, 0.6) is 0 Å². The van der Waals surface area contributed by atoms with Crippen LogP contribution in [-0.2, 0) is 33.7 Å². The first-order valence-electron chi connectivity index (χ1n) is 10.9. The van der Waals surface area contributed by atoms with Gasteiger partial charge in [-0.3, -0.25) is 24.0 Å². The number of methoxy groups -OCH3 is 1. The van der Waals surface area contributed by atoms with E-state index < -0.39 is 29.7 Å². The van der Waals surface area contributed by atoms with Crippen LogP contribution >= 0.6 is 0 Å². The van der Waals surface area contributed by atoms with Gasteiger partial charge in [0.15, 0.2) is 12.3 Å². The first-order chi connectivity index (χ1) is 15.7. The molecular weight excluding hydrogens is 428 g/mol. The predicted molar refractivity (Wildman–Crippen MR) is 124 cm³/mol. The first-order valence-corrected chi connectivity index (χ1v) is 10.9. The summed E-state index contributed by atoms with van der Waals surface area (Å²) >= 11 is 0. The molecule has 10 heteroatoms. The molecule has 0 atom stereocenters. The number of anilines is 2. The number of nitrogen functional groups attached to an aromatic ring is 1. The van der Waals surface area contributed by atoms with E-state index >= 15 is 0 Å². The lowest BCUT2D eigenvalue weighted by Crippen LogP contribution is -2.44. The number of carbonyl (C=O) groups excluding carboxylic acids is 2. The number of benzene rings is 1. The Hall–Kier alpha value is -3.40. The number of nitrogens with zero attached hydrogens (tertiary/aromatic N) is 2. The molecule has 1 heterocycles. The largest absolute Gasteiger partial charge is 0.452 e. The Bertz CT molecular complexity index is 1150. The van der Waals surface area contributed by atoms with Crippen molar-refractivity contribution in [1.29, 1.82) is 0 Å². The highest BCUT2D eigenvalue weighted by atomic mass is 16.5. The normalized spacial score (nSPS) is 12.6. The number of aryl methyl sites for hydroxylation is 2. The van der Waals surface area contributed by atoms with Crippen molar-refractivity contribution in [3.8, 4) is 0 Å². The number of fused-ring (bicyclic) bond motifs is 1. The molecule has 3 rings (SSSR count). The summed E-state index contributed by atoms with van der Waals surface area (Å²) in [7, 11) is 1.45. The highest BCUT2D eigenvalue weighted by molar-refractivity contribution is 5.98. The van der Waals surface area contributed by atoms with E-state index in [4.69, 9.17) is 15.2 Å². The van der Waals surface area contributed by atoms with Crippen LogP contribution in [0.15, 0.2) is 27.8 Å². The Morgan fingerprint density at radius 3 is 2.64 bits per heavy atom. The molecule has 1 amide bonds. The molecule has 2 aromatic rings. The minimum absolute atomic E-state index is 0.0150. The lowest BCUT2D eigenvalue weighted by molar-refractivity contribution is -0.121. The van der Waals surface area contributed by atoms with Crippen LogP contribution in [0.1, 0.15) is 41.8 Å².